The summed E-state index contributed by atoms with van der Waals surface area (Å²) in [6.45, 7) is 4.15. The van der Waals surface area contributed by atoms with E-state index in [2.05, 4.69) is 0 Å². The van der Waals surface area contributed by atoms with E-state index in [1.54, 1.807) is 4.90 Å². The molecule has 0 spiro atoms. The molecule has 1 rings (SSSR count). The first-order chi connectivity index (χ1) is 6.66. The van der Waals surface area contributed by atoms with Crippen LogP contribution in [-0.4, -0.2) is 48.2 Å². The normalized spacial score (nSPS) is 20.8. The molecule has 1 atom stereocenters. The third-order valence-corrected chi connectivity index (χ3v) is 2.23. The number of hydrogen-bond donors (Lipinski definition) is 1. The van der Waals surface area contributed by atoms with E-state index in [9.17, 15) is 9.59 Å². The average Bonchev–Trinajstić information content (AvgIpc) is 2.14. The van der Waals surface area contributed by atoms with Gasteiger partial charge in [0.1, 0.15) is 0 Å². The standard InChI is InChI=1S/C9H15NO4/c1-2-14-5-3-4-10-6-7(8(10)11)9(12)13/h7H,2-6H2,1H3,(H,12,13). The largest absolute Gasteiger partial charge is 0.481 e. The SMILES string of the molecule is CCOCCCN1CC(C(=O)O)C1=O. The van der Waals surface area contributed by atoms with Gasteiger partial charge in [0.2, 0.25) is 5.91 Å². The van der Waals surface area contributed by atoms with Gasteiger partial charge in [-0.1, -0.05) is 0 Å². The fourth-order valence-electron chi connectivity index (χ4n) is 1.38. The van der Waals surface area contributed by atoms with Crippen LogP contribution in [0.5, 0.6) is 0 Å². The minimum absolute atomic E-state index is 0.269. The number of rotatable bonds is 6. The molecular formula is C9H15NO4. The zero-order valence-electron chi connectivity index (χ0n) is 8.23. The van der Waals surface area contributed by atoms with Crippen LogP contribution in [0.4, 0.5) is 0 Å². The molecule has 1 heterocycles. The van der Waals surface area contributed by atoms with Gasteiger partial charge in [0.05, 0.1) is 0 Å². The van der Waals surface area contributed by atoms with Gasteiger partial charge in [-0.05, 0) is 13.3 Å². The second kappa shape index (κ2) is 4.95. The predicted octanol–water partition coefficient (Wildman–Crippen LogP) is -0.0440. The van der Waals surface area contributed by atoms with Crippen molar-refractivity contribution in [3.8, 4) is 0 Å². The Bertz CT molecular complexity index is 229. The first-order valence-electron chi connectivity index (χ1n) is 4.76. The highest BCUT2D eigenvalue weighted by molar-refractivity contribution is 6.01. The third kappa shape index (κ3) is 2.45. The Morgan fingerprint density at radius 2 is 2.43 bits per heavy atom. The van der Waals surface area contributed by atoms with Crippen LogP contribution in [0.15, 0.2) is 0 Å². The van der Waals surface area contributed by atoms with Crippen molar-refractivity contribution in [3.05, 3.63) is 0 Å². The number of β-lactam (4-membered cyclic amide) rings is 1. The first-order valence-corrected chi connectivity index (χ1v) is 4.76. The third-order valence-electron chi connectivity index (χ3n) is 2.23. The maximum atomic E-state index is 11.2. The van der Waals surface area contributed by atoms with Crippen LogP contribution < -0.4 is 0 Å². The van der Waals surface area contributed by atoms with Crippen molar-refractivity contribution in [3.63, 3.8) is 0 Å². The van der Waals surface area contributed by atoms with Gasteiger partial charge in [0.25, 0.3) is 0 Å². The second-order valence-corrected chi connectivity index (χ2v) is 3.23. The molecule has 1 unspecified atom stereocenters. The highest BCUT2D eigenvalue weighted by atomic mass is 16.5. The molecule has 1 aliphatic rings. The van der Waals surface area contributed by atoms with Crippen LogP contribution in [0.1, 0.15) is 13.3 Å². The number of aliphatic carboxylic acids is 1. The van der Waals surface area contributed by atoms with Crippen LogP contribution >= 0.6 is 0 Å². The number of carbonyl (C=O) groups is 2. The smallest absolute Gasteiger partial charge is 0.317 e. The molecule has 0 aromatic rings. The molecule has 0 saturated carbocycles. The maximum Gasteiger partial charge on any atom is 0.317 e. The van der Waals surface area contributed by atoms with Crippen LogP contribution in [0.25, 0.3) is 0 Å². The Hall–Kier alpha value is -1.10. The van der Waals surface area contributed by atoms with E-state index in [1.165, 1.54) is 0 Å². The van der Waals surface area contributed by atoms with Crippen LogP contribution in [0, 0.1) is 5.92 Å². The molecule has 5 heteroatoms. The lowest BCUT2D eigenvalue weighted by atomic mass is 9.99. The molecule has 1 N–H and O–H groups in total. The predicted molar refractivity (Wildman–Crippen MR) is 48.8 cm³/mol. The molecule has 80 valence electrons. The molecule has 0 bridgehead atoms. The van der Waals surface area contributed by atoms with E-state index in [1.807, 2.05) is 6.92 Å². The summed E-state index contributed by atoms with van der Waals surface area (Å²) < 4.78 is 5.11. The lowest BCUT2D eigenvalue weighted by Crippen LogP contribution is -2.55. The molecule has 0 aliphatic carbocycles. The number of hydrogen-bond acceptors (Lipinski definition) is 3. The number of carboxylic acid groups (broad SMARTS) is 1. The second-order valence-electron chi connectivity index (χ2n) is 3.23. The lowest BCUT2D eigenvalue weighted by Gasteiger charge is -2.35. The highest BCUT2D eigenvalue weighted by Crippen LogP contribution is 2.17. The number of amides is 1. The molecule has 1 amide bonds. The van der Waals surface area contributed by atoms with Crippen LogP contribution in [-0.2, 0) is 14.3 Å². The van der Waals surface area contributed by atoms with E-state index in [-0.39, 0.29) is 5.91 Å². The van der Waals surface area contributed by atoms with E-state index in [4.69, 9.17) is 9.84 Å². The minimum atomic E-state index is -1.02. The minimum Gasteiger partial charge on any atom is -0.481 e. The van der Waals surface area contributed by atoms with Crippen LogP contribution in [0.2, 0.25) is 0 Å². The van der Waals surface area contributed by atoms with Gasteiger partial charge >= 0.3 is 5.97 Å². The van der Waals surface area contributed by atoms with Crippen molar-refractivity contribution in [2.24, 2.45) is 5.92 Å². The molecule has 1 saturated heterocycles. The van der Waals surface area contributed by atoms with E-state index < -0.39 is 11.9 Å². The molecular weight excluding hydrogens is 186 g/mol. The van der Waals surface area contributed by atoms with Crippen molar-refractivity contribution in [1.82, 2.24) is 4.90 Å². The van der Waals surface area contributed by atoms with Crippen molar-refractivity contribution in [2.75, 3.05) is 26.3 Å². The zero-order chi connectivity index (χ0) is 10.6. The topological polar surface area (TPSA) is 66.8 Å². The lowest BCUT2D eigenvalue weighted by molar-refractivity contribution is -0.162. The highest BCUT2D eigenvalue weighted by Gasteiger charge is 2.41. The maximum absolute atomic E-state index is 11.2. The Labute approximate surface area is 82.6 Å². The summed E-state index contributed by atoms with van der Waals surface area (Å²) in [5.74, 6) is -2.09. The van der Waals surface area contributed by atoms with Gasteiger partial charge in [-0.3, -0.25) is 9.59 Å². The summed E-state index contributed by atoms with van der Waals surface area (Å²) in [5, 5.41) is 8.56. The average molecular weight is 201 g/mol. The molecule has 1 aliphatic heterocycles. The molecule has 14 heavy (non-hydrogen) atoms. The van der Waals surface area contributed by atoms with E-state index in [0.717, 1.165) is 6.42 Å². The summed E-state index contributed by atoms with van der Waals surface area (Å²) >= 11 is 0. The molecule has 5 nitrogen and oxygen atoms in total. The van der Waals surface area contributed by atoms with Crippen molar-refractivity contribution in [1.29, 1.82) is 0 Å². The van der Waals surface area contributed by atoms with Gasteiger partial charge < -0.3 is 14.7 Å². The number of nitrogens with zero attached hydrogens (tertiary/aromatic N) is 1. The molecule has 0 aromatic carbocycles. The van der Waals surface area contributed by atoms with Crippen molar-refractivity contribution >= 4 is 11.9 Å². The summed E-state index contributed by atoms with van der Waals surface area (Å²) in [7, 11) is 0. The summed E-state index contributed by atoms with van der Waals surface area (Å²) in [5.41, 5.74) is 0. The van der Waals surface area contributed by atoms with Gasteiger partial charge in [-0.25, -0.2) is 0 Å². The fourth-order valence-corrected chi connectivity index (χ4v) is 1.38. The zero-order valence-corrected chi connectivity index (χ0v) is 8.23. The summed E-state index contributed by atoms with van der Waals surface area (Å²) in [4.78, 5) is 23.2. The summed E-state index contributed by atoms with van der Waals surface area (Å²) in [6, 6.07) is 0. The van der Waals surface area contributed by atoms with Gasteiger partial charge in [0.15, 0.2) is 5.92 Å². The van der Waals surface area contributed by atoms with E-state index >= 15 is 0 Å². The quantitative estimate of drug-likeness (QED) is 0.372. The van der Waals surface area contributed by atoms with Gasteiger partial charge in [0, 0.05) is 26.3 Å². The number of ether oxygens (including phenoxy) is 1. The first kappa shape index (κ1) is 11.0. The van der Waals surface area contributed by atoms with Crippen molar-refractivity contribution < 1.29 is 19.4 Å². The Balaban J connectivity index is 2.12. The molecule has 0 aromatic heterocycles. The summed E-state index contributed by atoms with van der Waals surface area (Å²) in [6.07, 6.45) is 0.770. The van der Waals surface area contributed by atoms with Gasteiger partial charge in [-0.15, -0.1) is 0 Å². The number of carboxylic acids is 1. The Morgan fingerprint density at radius 3 is 2.93 bits per heavy atom. The Morgan fingerprint density at radius 1 is 1.71 bits per heavy atom. The number of likely N-dealkylation sites (tertiary alicyclic amines) is 1. The van der Waals surface area contributed by atoms with E-state index in [0.29, 0.717) is 26.3 Å². The van der Waals surface area contributed by atoms with Gasteiger partial charge in [-0.2, -0.15) is 0 Å². The monoisotopic (exact) mass is 201 g/mol. The fraction of sp³-hybridized carbons (Fsp3) is 0.778. The van der Waals surface area contributed by atoms with Crippen LogP contribution in [0.3, 0.4) is 0 Å². The molecule has 0 radical (unpaired) electrons. The Kier molecular flexibility index (Phi) is 3.88. The van der Waals surface area contributed by atoms with Crippen molar-refractivity contribution in [2.45, 2.75) is 13.3 Å². The molecule has 1 fully saturated rings. The number of carbonyl (C=O) groups excluding carboxylic acids is 1.